The second-order valence-electron chi connectivity index (χ2n) is 5.96. The summed E-state index contributed by atoms with van der Waals surface area (Å²) in [7, 11) is 1.58. The Hall–Kier alpha value is -3.09. The Labute approximate surface area is 152 Å². The summed E-state index contributed by atoms with van der Waals surface area (Å²) in [6.07, 6.45) is 1.78. The van der Waals surface area contributed by atoms with Gasteiger partial charge in [0, 0.05) is 25.2 Å². The first kappa shape index (κ1) is 17.7. The number of carbonyl (C=O) groups excluding carboxylic acids is 2. The summed E-state index contributed by atoms with van der Waals surface area (Å²) in [4.78, 5) is 32.2. The Morgan fingerprint density at radius 3 is 2.69 bits per heavy atom. The molecule has 136 valence electrons. The number of pyridine rings is 1. The van der Waals surface area contributed by atoms with Crippen molar-refractivity contribution in [1.82, 2.24) is 9.88 Å². The van der Waals surface area contributed by atoms with Gasteiger partial charge in [0.15, 0.2) is 0 Å². The number of hydrogen-bond acceptors (Lipinski definition) is 4. The fourth-order valence-electron chi connectivity index (χ4n) is 2.94. The van der Waals surface area contributed by atoms with Crippen LogP contribution in [0.1, 0.15) is 12.5 Å². The summed E-state index contributed by atoms with van der Waals surface area (Å²) in [5.41, 5.74) is 1.41. The number of nitrogens with one attached hydrogen (secondary N) is 1. The fraction of sp³-hybridized carbons (Fsp3) is 0.316. The zero-order valence-electron chi connectivity index (χ0n) is 14.9. The van der Waals surface area contributed by atoms with E-state index in [4.69, 9.17) is 4.74 Å². The smallest absolute Gasteiger partial charge is 0.325 e. The second kappa shape index (κ2) is 7.86. The molecule has 1 N–H and O–H groups in total. The number of aromatic nitrogens is 1. The number of nitrogens with zero attached hydrogens (tertiary/aromatic N) is 3. The highest BCUT2D eigenvalue weighted by Gasteiger charge is 2.28. The van der Waals surface area contributed by atoms with Crippen LogP contribution in [0.15, 0.2) is 42.6 Å². The maximum atomic E-state index is 12.3. The first-order valence-electron chi connectivity index (χ1n) is 8.56. The molecule has 1 saturated heterocycles. The van der Waals surface area contributed by atoms with Crippen molar-refractivity contribution in [1.29, 1.82) is 0 Å². The highest BCUT2D eigenvalue weighted by Crippen LogP contribution is 2.21. The third-order valence-corrected chi connectivity index (χ3v) is 4.33. The van der Waals surface area contributed by atoms with Crippen LogP contribution in [0, 0.1) is 0 Å². The number of methoxy groups -OCH3 is 1. The topological polar surface area (TPSA) is 74.8 Å². The number of benzene rings is 1. The summed E-state index contributed by atoms with van der Waals surface area (Å²) in [6.45, 7) is 3.97. The van der Waals surface area contributed by atoms with Gasteiger partial charge < -0.3 is 15.0 Å². The zero-order valence-corrected chi connectivity index (χ0v) is 14.9. The van der Waals surface area contributed by atoms with E-state index in [1.54, 1.807) is 35.2 Å². The van der Waals surface area contributed by atoms with Crippen LogP contribution in [-0.4, -0.2) is 48.6 Å². The number of urea groups is 1. The number of amides is 3. The van der Waals surface area contributed by atoms with Crippen molar-refractivity contribution in [2.45, 2.75) is 13.3 Å². The molecule has 2 heterocycles. The minimum atomic E-state index is -0.154. The molecular formula is C19H22N4O3. The molecule has 1 aromatic heterocycles. The van der Waals surface area contributed by atoms with Gasteiger partial charge in [-0.25, -0.2) is 9.78 Å². The number of rotatable bonds is 6. The van der Waals surface area contributed by atoms with E-state index in [1.165, 1.54) is 0 Å². The first-order chi connectivity index (χ1) is 12.6. The van der Waals surface area contributed by atoms with Gasteiger partial charge in [-0.2, -0.15) is 0 Å². The molecule has 3 rings (SSSR count). The van der Waals surface area contributed by atoms with Crippen molar-refractivity contribution in [2.24, 2.45) is 0 Å². The molecule has 1 aliphatic rings. The molecule has 0 unspecified atom stereocenters. The standard InChI is InChI=1S/C19H22N4O3/c1-3-22-10-11-23(19(22)25)17-9-8-15(13-20-17)21-18(24)12-14-6-4-5-7-16(14)26-2/h4-9,13H,3,10-12H2,1-2H3,(H,21,24). The SMILES string of the molecule is CCN1CCN(c2ccc(NC(=O)Cc3ccccc3OC)cn2)C1=O. The van der Waals surface area contributed by atoms with Gasteiger partial charge in [0.1, 0.15) is 11.6 Å². The van der Waals surface area contributed by atoms with Gasteiger partial charge in [0.05, 0.1) is 25.4 Å². The second-order valence-corrected chi connectivity index (χ2v) is 5.96. The molecular weight excluding hydrogens is 332 g/mol. The maximum Gasteiger partial charge on any atom is 0.325 e. The number of para-hydroxylation sites is 1. The van der Waals surface area contributed by atoms with Crippen molar-refractivity contribution >= 4 is 23.4 Å². The van der Waals surface area contributed by atoms with Gasteiger partial charge in [0.2, 0.25) is 5.91 Å². The molecule has 0 aliphatic carbocycles. The Morgan fingerprint density at radius 2 is 2.04 bits per heavy atom. The van der Waals surface area contributed by atoms with E-state index in [-0.39, 0.29) is 18.4 Å². The fourth-order valence-corrected chi connectivity index (χ4v) is 2.94. The van der Waals surface area contributed by atoms with Gasteiger partial charge in [0.25, 0.3) is 0 Å². The van der Waals surface area contributed by atoms with Crippen molar-refractivity contribution < 1.29 is 14.3 Å². The molecule has 7 nitrogen and oxygen atoms in total. The molecule has 1 aliphatic heterocycles. The van der Waals surface area contributed by atoms with Crippen molar-refractivity contribution in [3.05, 3.63) is 48.2 Å². The lowest BCUT2D eigenvalue weighted by Crippen LogP contribution is -2.32. The van der Waals surface area contributed by atoms with Gasteiger partial charge >= 0.3 is 6.03 Å². The van der Waals surface area contributed by atoms with Crippen LogP contribution in [0.25, 0.3) is 0 Å². The van der Waals surface area contributed by atoms with E-state index < -0.39 is 0 Å². The molecule has 0 spiro atoms. The molecule has 26 heavy (non-hydrogen) atoms. The molecule has 0 bridgehead atoms. The Morgan fingerprint density at radius 1 is 1.23 bits per heavy atom. The minimum Gasteiger partial charge on any atom is -0.496 e. The normalized spacial score (nSPS) is 13.8. The molecule has 0 radical (unpaired) electrons. The van der Waals surface area contributed by atoms with Crippen LogP contribution in [0.5, 0.6) is 5.75 Å². The third kappa shape index (κ3) is 3.77. The lowest BCUT2D eigenvalue weighted by molar-refractivity contribution is -0.115. The van der Waals surface area contributed by atoms with E-state index >= 15 is 0 Å². The number of likely N-dealkylation sites (N-methyl/N-ethyl adjacent to an activating group) is 1. The van der Waals surface area contributed by atoms with Crippen LogP contribution >= 0.6 is 0 Å². The van der Waals surface area contributed by atoms with Gasteiger partial charge in [-0.3, -0.25) is 9.69 Å². The van der Waals surface area contributed by atoms with E-state index in [0.717, 1.165) is 5.56 Å². The average Bonchev–Trinajstić information content (AvgIpc) is 3.03. The number of anilines is 2. The Balaban J connectivity index is 1.62. The van der Waals surface area contributed by atoms with Crippen molar-refractivity contribution in [2.75, 3.05) is 37.0 Å². The van der Waals surface area contributed by atoms with E-state index in [0.29, 0.717) is 36.9 Å². The molecule has 1 fully saturated rings. The van der Waals surface area contributed by atoms with Crippen LogP contribution in [0.2, 0.25) is 0 Å². The average molecular weight is 354 g/mol. The van der Waals surface area contributed by atoms with Gasteiger partial charge in [-0.15, -0.1) is 0 Å². The van der Waals surface area contributed by atoms with Crippen LogP contribution < -0.4 is 15.0 Å². The Kier molecular flexibility index (Phi) is 5.36. The highest BCUT2D eigenvalue weighted by molar-refractivity contribution is 5.94. The lowest BCUT2D eigenvalue weighted by atomic mass is 10.1. The summed E-state index contributed by atoms with van der Waals surface area (Å²) >= 11 is 0. The lowest BCUT2D eigenvalue weighted by Gasteiger charge is -2.16. The predicted octanol–water partition coefficient (Wildman–Crippen LogP) is 2.53. The van der Waals surface area contributed by atoms with Gasteiger partial charge in [-0.05, 0) is 25.1 Å². The van der Waals surface area contributed by atoms with Crippen molar-refractivity contribution in [3.8, 4) is 5.75 Å². The monoisotopic (exact) mass is 354 g/mol. The van der Waals surface area contributed by atoms with Crippen LogP contribution in [0.4, 0.5) is 16.3 Å². The maximum absolute atomic E-state index is 12.3. The summed E-state index contributed by atoms with van der Waals surface area (Å²) < 4.78 is 5.26. The first-order valence-corrected chi connectivity index (χ1v) is 8.56. The summed E-state index contributed by atoms with van der Waals surface area (Å²) in [6, 6.07) is 10.9. The quantitative estimate of drug-likeness (QED) is 0.865. The number of carbonyl (C=O) groups is 2. The molecule has 0 saturated carbocycles. The van der Waals surface area contributed by atoms with Gasteiger partial charge in [-0.1, -0.05) is 18.2 Å². The third-order valence-electron chi connectivity index (χ3n) is 4.33. The van der Waals surface area contributed by atoms with Crippen molar-refractivity contribution in [3.63, 3.8) is 0 Å². The van der Waals surface area contributed by atoms with Crippen LogP contribution in [-0.2, 0) is 11.2 Å². The largest absolute Gasteiger partial charge is 0.496 e. The summed E-state index contributed by atoms with van der Waals surface area (Å²) in [5, 5.41) is 2.82. The molecule has 7 heteroatoms. The molecule has 3 amide bonds. The molecule has 2 aromatic rings. The molecule has 0 atom stereocenters. The minimum absolute atomic E-state index is 0.0343. The van der Waals surface area contributed by atoms with Crippen LogP contribution in [0.3, 0.4) is 0 Å². The van der Waals surface area contributed by atoms with E-state index in [2.05, 4.69) is 10.3 Å². The predicted molar refractivity (Wildman–Crippen MR) is 99.6 cm³/mol. The number of hydrogen-bond donors (Lipinski definition) is 1. The zero-order chi connectivity index (χ0) is 18.5. The Bertz CT molecular complexity index is 792. The number of ether oxygens (including phenoxy) is 1. The highest BCUT2D eigenvalue weighted by atomic mass is 16.5. The molecule has 1 aromatic carbocycles. The van der Waals surface area contributed by atoms with E-state index in [1.807, 2.05) is 31.2 Å². The van der Waals surface area contributed by atoms with E-state index in [9.17, 15) is 9.59 Å². The summed E-state index contributed by atoms with van der Waals surface area (Å²) in [5.74, 6) is 1.12.